The fourth-order valence-corrected chi connectivity index (χ4v) is 6.82. The van der Waals surface area contributed by atoms with Crippen LogP contribution >= 0.6 is 23.4 Å². The smallest absolute Gasteiger partial charge is 0.272 e. The minimum atomic E-state index is -4.73. The van der Waals surface area contributed by atoms with Crippen LogP contribution in [0.4, 0.5) is 17.6 Å². The Hall–Kier alpha value is -3.71. The van der Waals surface area contributed by atoms with Crippen molar-refractivity contribution in [2.24, 2.45) is 0 Å². The van der Waals surface area contributed by atoms with Gasteiger partial charge in [-0.3, -0.25) is 4.57 Å². The molecule has 13 heteroatoms. The van der Waals surface area contributed by atoms with Crippen molar-refractivity contribution in [1.82, 2.24) is 19.5 Å². The van der Waals surface area contributed by atoms with Crippen molar-refractivity contribution in [3.05, 3.63) is 136 Å². The summed E-state index contributed by atoms with van der Waals surface area (Å²) >= 11 is 7.67. The maximum Gasteiger partial charge on any atom is 0.416 e. The number of thioether (sulfide) groups is 1. The number of nitrogens with zero attached hydrogens (tertiary/aromatic N) is 3. The van der Waals surface area contributed by atoms with Crippen LogP contribution in [0.2, 0.25) is 5.02 Å². The Balaban J connectivity index is 1.61. The third-order valence-corrected chi connectivity index (χ3v) is 9.42. The van der Waals surface area contributed by atoms with Crippen molar-refractivity contribution in [2.45, 2.75) is 41.4 Å². The SMILES string of the molecule is Cc1ccc(Cl)cc1-n1c(SCc2ccc(F)cc2)nnc1C(Cc1ccccc1)NS(=O)(=O)c1cccc(C(F)(F)F)c1. The van der Waals surface area contributed by atoms with Crippen LogP contribution in [0.5, 0.6) is 0 Å². The van der Waals surface area contributed by atoms with Gasteiger partial charge in [-0.25, -0.2) is 17.5 Å². The zero-order valence-electron chi connectivity index (χ0n) is 23.1. The highest BCUT2D eigenvalue weighted by atomic mass is 35.5. The van der Waals surface area contributed by atoms with E-state index in [9.17, 15) is 26.0 Å². The Morgan fingerprint density at radius 3 is 2.34 bits per heavy atom. The first-order valence-electron chi connectivity index (χ1n) is 13.2. The Kier molecular flexibility index (Phi) is 9.45. The lowest BCUT2D eigenvalue weighted by atomic mass is 10.1. The molecule has 0 bridgehead atoms. The van der Waals surface area contributed by atoms with Crippen LogP contribution in [0, 0.1) is 12.7 Å². The maximum atomic E-state index is 13.6. The van der Waals surface area contributed by atoms with Gasteiger partial charge in [0.25, 0.3) is 0 Å². The molecule has 1 N–H and O–H groups in total. The third-order valence-electron chi connectivity index (χ3n) is 6.72. The van der Waals surface area contributed by atoms with Gasteiger partial charge < -0.3 is 0 Å². The van der Waals surface area contributed by atoms with E-state index in [0.717, 1.165) is 34.9 Å². The number of hydrogen-bond acceptors (Lipinski definition) is 5. The second kappa shape index (κ2) is 13.1. The third kappa shape index (κ3) is 7.49. The van der Waals surface area contributed by atoms with Crippen molar-refractivity contribution < 1.29 is 26.0 Å². The van der Waals surface area contributed by atoms with Crippen molar-refractivity contribution >= 4 is 33.4 Å². The van der Waals surface area contributed by atoms with Gasteiger partial charge in [-0.1, -0.05) is 78.0 Å². The quantitative estimate of drug-likeness (QED) is 0.122. The molecule has 0 aliphatic rings. The summed E-state index contributed by atoms with van der Waals surface area (Å²) in [6, 6.07) is 22.7. The van der Waals surface area contributed by atoms with Gasteiger partial charge in [0.15, 0.2) is 11.0 Å². The Labute approximate surface area is 261 Å². The zero-order valence-corrected chi connectivity index (χ0v) is 25.5. The number of benzene rings is 4. The molecule has 0 fully saturated rings. The number of rotatable bonds is 10. The number of halogens is 5. The summed E-state index contributed by atoms with van der Waals surface area (Å²) in [5.74, 6) is 0.240. The first kappa shape index (κ1) is 31.7. The maximum absolute atomic E-state index is 13.6. The highest BCUT2D eigenvalue weighted by Gasteiger charge is 2.33. The van der Waals surface area contributed by atoms with Gasteiger partial charge >= 0.3 is 6.18 Å². The summed E-state index contributed by atoms with van der Waals surface area (Å²) in [5.41, 5.74) is 1.87. The van der Waals surface area contributed by atoms with E-state index in [4.69, 9.17) is 11.6 Å². The molecule has 1 heterocycles. The van der Waals surface area contributed by atoms with E-state index in [1.54, 1.807) is 59.2 Å². The molecule has 6 nitrogen and oxygen atoms in total. The summed E-state index contributed by atoms with van der Waals surface area (Å²) < 4.78 is 85.3. The largest absolute Gasteiger partial charge is 0.416 e. The Morgan fingerprint density at radius 1 is 0.909 bits per heavy atom. The normalized spacial score (nSPS) is 12.8. The molecule has 1 aromatic heterocycles. The summed E-state index contributed by atoms with van der Waals surface area (Å²) in [6.07, 6.45) is -4.62. The van der Waals surface area contributed by atoms with Crippen molar-refractivity contribution in [3.8, 4) is 5.69 Å². The zero-order chi connectivity index (χ0) is 31.5. The second-order valence-electron chi connectivity index (χ2n) is 9.91. The van der Waals surface area contributed by atoms with Crippen LogP contribution in [0.25, 0.3) is 5.69 Å². The van der Waals surface area contributed by atoms with Gasteiger partial charge in [-0.05, 0) is 72.5 Å². The van der Waals surface area contributed by atoms with Gasteiger partial charge in [0.05, 0.1) is 22.2 Å². The number of aryl methyl sites for hydroxylation is 1. The van der Waals surface area contributed by atoms with Gasteiger partial charge in [0, 0.05) is 10.8 Å². The fourth-order valence-electron chi connectivity index (χ4n) is 4.51. The van der Waals surface area contributed by atoms with Crippen LogP contribution in [0.15, 0.2) is 107 Å². The monoisotopic (exact) mass is 660 g/mol. The lowest BCUT2D eigenvalue weighted by molar-refractivity contribution is -0.137. The number of hydrogen-bond donors (Lipinski definition) is 1. The van der Waals surface area contributed by atoms with E-state index in [1.807, 2.05) is 13.0 Å². The highest BCUT2D eigenvalue weighted by Crippen LogP contribution is 2.34. The summed E-state index contributed by atoms with van der Waals surface area (Å²) in [7, 11) is -4.48. The van der Waals surface area contributed by atoms with Gasteiger partial charge in [-0.2, -0.15) is 13.2 Å². The van der Waals surface area contributed by atoms with E-state index < -0.39 is 32.7 Å². The summed E-state index contributed by atoms with van der Waals surface area (Å²) in [4.78, 5) is -0.540. The minimum Gasteiger partial charge on any atom is -0.272 e. The van der Waals surface area contributed by atoms with Crippen LogP contribution in [-0.4, -0.2) is 23.2 Å². The minimum absolute atomic E-state index is 0.111. The van der Waals surface area contributed by atoms with E-state index in [0.29, 0.717) is 27.7 Å². The average Bonchev–Trinajstić information content (AvgIpc) is 3.41. The number of alkyl halides is 3. The van der Waals surface area contributed by atoms with Crippen LogP contribution in [0.3, 0.4) is 0 Å². The predicted molar refractivity (Wildman–Crippen MR) is 162 cm³/mol. The molecule has 228 valence electrons. The lowest BCUT2D eigenvalue weighted by Crippen LogP contribution is -2.32. The van der Waals surface area contributed by atoms with Crippen LogP contribution in [0.1, 0.15) is 34.1 Å². The first-order chi connectivity index (χ1) is 20.9. The molecule has 0 amide bonds. The molecule has 1 unspecified atom stereocenters. The topological polar surface area (TPSA) is 76.9 Å². The second-order valence-corrected chi connectivity index (χ2v) is 13.0. The number of sulfonamides is 1. The summed E-state index contributed by atoms with van der Waals surface area (Å²) in [6.45, 7) is 1.85. The molecule has 5 aromatic rings. The molecule has 0 saturated carbocycles. The van der Waals surface area contributed by atoms with Crippen molar-refractivity contribution in [1.29, 1.82) is 0 Å². The van der Waals surface area contributed by atoms with E-state index in [-0.39, 0.29) is 18.1 Å². The van der Waals surface area contributed by atoms with E-state index >= 15 is 0 Å². The lowest BCUT2D eigenvalue weighted by Gasteiger charge is -2.21. The van der Waals surface area contributed by atoms with Gasteiger partial charge in [0.1, 0.15) is 5.82 Å². The van der Waals surface area contributed by atoms with E-state index in [2.05, 4.69) is 14.9 Å². The van der Waals surface area contributed by atoms with Crippen LogP contribution < -0.4 is 4.72 Å². The molecule has 44 heavy (non-hydrogen) atoms. The molecule has 0 aliphatic carbocycles. The van der Waals surface area contributed by atoms with Crippen molar-refractivity contribution in [3.63, 3.8) is 0 Å². The predicted octanol–water partition coefficient (Wildman–Crippen LogP) is 7.94. The van der Waals surface area contributed by atoms with Crippen LogP contribution in [-0.2, 0) is 28.4 Å². The van der Waals surface area contributed by atoms with E-state index in [1.165, 1.54) is 23.9 Å². The number of nitrogens with one attached hydrogen (secondary N) is 1. The Morgan fingerprint density at radius 2 is 1.64 bits per heavy atom. The van der Waals surface area contributed by atoms with Crippen molar-refractivity contribution in [2.75, 3.05) is 0 Å². The first-order valence-corrected chi connectivity index (χ1v) is 16.1. The van der Waals surface area contributed by atoms with Gasteiger partial charge in [0.2, 0.25) is 10.0 Å². The fraction of sp³-hybridized carbons (Fsp3) is 0.161. The molecule has 0 saturated heterocycles. The molecule has 0 aliphatic heterocycles. The average molecular weight is 661 g/mol. The van der Waals surface area contributed by atoms with Gasteiger partial charge in [-0.15, -0.1) is 10.2 Å². The molecule has 0 spiro atoms. The molecule has 0 radical (unpaired) electrons. The standard InChI is InChI=1S/C31H25ClF4N4O2S2/c1-20-10-13-24(32)18-28(20)40-29(37-38-30(40)43-19-22-11-14-25(33)15-12-22)27(16-21-6-3-2-4-7-21)39-44(41,42)26-9-5-8-23(17-26)31(34,35)36/h2-15,17-18,27,39H,16,19H2,1H3. The summed E-state index contributed by atoms with van der Waals surface area (Å²) in [5, 5.41) is 9.61. The number of aromatic nitrogens is 3. The molecular formula is C31H25ClF4N4O2S2. The highest BCUT2D eigenvalue weighted by molar-refractivity contribution is 7.98. The molecule has 1 atom stereocenters. The molecule has 4 aromatic carbocycles. The Bertz CT molecular complexity index is 1870. The molecule has 5 rings (SSSR count). The molecular weight excluding hydrogens is 636 g/mol.